The first-order chi connectivity index (χ1) is 45.4. The number of amides is 3. The number of alkyl halides is 5. The van der Waals surface area contributed by atoms with Crippen molar-refractivity contribution in [2.75, 3.05) is 16.0 Å². The monoisotopic (exact) mass is 1450 g/mol. The van der Waals surface area contributed by atoms with Gasteiger partial charge < -0.3 is 20.7 Å². The van der Waals surface area contributed by atoms with Crippen LogP contribution in [0.4, 0.5) is 52.6 Å². The second-order valence-corrected chi connectivity index (χ2v) is 27.0. The first-order valence-electron chi connectivity index (χ1n) is 26.6. The minimum absolute atomic E-state index is 0.0666. The van der Waals surface area contributed by atoms with Crippen molar-refractivity contribution >= 4 is 144 Å². The molecule has 37 heteroatoms. The zero-order valence-electron chi connectivity index (χ0n) is 47.0. The number of nitrogens with one attached hydrogen (secondary N) is 3. The van der Waals surface area contributed by atoms with Gasteiger partial charge in [0.2, 0.25) is 0 Å². The molecule has 3 amide bonds. The van der Waals surface area contributed by atoms with Gasteiger partial charge in [0, 0.05) is 70.1 Å². The van der Waals surface area contributed by atoms with E-state index < -0.39 is 165 Å². The normalized spacial score (nSPS) is 12.2. The van der Waals surface area contributed by atoms with Crippen LogP contribution in [0.15, 0.2) is 173 Å². The van der Waals surface area contributed by atoms with Crippen LogP contribution in [0.25, 0.3) is 55.2 Å². The van der Waals surface area contributed by atoms with Crippen LogP contribution in [0, 0.1) is 17.5 Å². The number of carbonyl (C=O) groups is 3. The fourth-order valence-corrected chi connectivity index (χ4v) is 14.8. The van der Waals surface area contributed by atoms with E-state index in [0.29, 0.717) is 24.4 Å². The molecule has 0 aliphatic carbocycles. The number of nitrogens with zero attached hydrogens (tertiary/aromatic N) is 9. The van der Waals surface area contributed by atoms with Crippen LogP contribution in [-0.2, 0) is 36.2 Å². The van der Waals surface area contributed by atoms with Gasteiger partial charge in [-0.3, -0.25) is 14.4 Å². The van der Waals surface area contributed by atoms with E-state index in [4.69, 9.17) is 51.1 Å². The number of carbonyl (C=O) groups excluding carboxylic acids is 3. The summed E-state index contributed by atoms with van der Waals surface area (Å²) in [6.07, 6.45) is -1.04. The van der Waals surface area contributed by atoms with Crippen LogP contribution in [0.5, 0.6) is 5.75 Å². The molecule has 12 aromatic rings. The van der Waals surface area contributed by atoms with E-state index in [1.165, 1.54) is 24.3 Å². The second kappa shape index (κ2) is 24.9. The van der Waals surface area contributed by atoms with E-state index in [2.05, 4.69) is 46.2 Å². The predicted octanol–water partition coefficient (Wildman–Crippen LogP) is 13.4. The predicted molar refractivity (Wildman–Crippen MR) is 332 cm³/mol. The third-order valence-corrected chi connectivity index (χ3v) is 20.2. The molecule has 6 aromatic carbocycles. The molecule has 0 atom stereocenters. The Morgan fingerprint density at radius 3 is 1.43 bits per heavy atom. The van der Waals surface area contributed by atoms with E-state index in [1.54, 1.807) is 0 Å². The van der Waals surface area contributed by atoms with E-state index in [0.717, 1.165) is 122 Å². The first kappa shape index (κ1) is 65.9. The maximum Gasteiger partial charge on any atom is 0.417 e. The van der Waals surface area contributed by atoms with Crippen molar-refractivity contribution in [2.24, 2.45) is 0 Å². The summed E-state index contributed by atoms with van der Waals surface area (Å²) in [4.78, 5) is 50.4. The third kappa shape index (κ3) is 12.1. The summed E-state index contributed by atoms with van der Waals surface area (Å²) >= 11 is 25.2. The van der Waals surface area contributed by atoms with Crippen molar-refractivity contribution < 1.29 is 79.5 Å². The van der Waals surface area contributed by atoms with E-state index in [1.807, 2.05) is 0 Å². The van der Waals surface area contributed by atoms with Crippen LogP contribution in [0.2, 0.25) is 20.1 Å². The molecule has 3 N–H and O–H groups in total. The molecular formula is C59H30Cl4F8N12O10S3. The lowest BCUT2D eigenvalue weighted by molar-refractivity contribution is -0.137. The fourth-order valence-electron chi connectivity index (χ4n) is 9.79. The number of rotatable bonds is 16. The molecule has 22 nitrogen and oxygen atoms in total. The van der Waals surface area contributed by atoms with Crippen molar-refractivity contribution in [1.29, 1.82) is 0 Å². The molecule has 0 unspecified atom stereocenters. The van der Waals surface area contributed by atoms with E-state index in [-0.39, 0.29) is 48.8 Å². The Morgan fingerprint density at radius 2 is 0.917 bits per heavy atom. The molecule has 488 valence electrons. The molecule has 6 aromatic heterocycles. The summed E-state index contributed by atoms with van der Waals surface area (Å²) in [6.45, 7) is -3.71. The Hall–Kier alpha value is -10.2. The first-order valence-corrected chi connectivity index (χ1v) is 32.5. The molecule has 0 aliphatic heterocycles. The summed E-state index contributed by atoms with van der Waals surface area (Å²) in [5.41, 5.74) is -6.50. The van der Waals surface area contributed by atoms with Crippen molar-refractivity contribution in [3.05, 3.63) is 218 Å². The Labute approximate surface area is 552 Å². The fraction of sp³-hybridized carbons (Fsp3) is 0.0339. The highest BCUT2D eigenvalue weighted by atomic mass is 35.5. The molecule has 0 radical (unpaired) electrons. The molecule has 96 heavy (non-hydrogen) atoms. The topological polar surface area (TPSA) is 291 Å². The molecule has 6 heterocycles. The molecule has 0 aliphatic rings. The second-order valence-electron chi connectivity index (χ2n) is 20.0. The summed E-state index contributed by atoms with van der Waals surface area (Å²) in [5.74, 6) is -8.87. The van der Waals surface area contributed by atoms with Gasteiger partial charge >= 0.3 is 12.8 Å². The Bertz CT molecular complexity index is 5610. The average Bonchev–Trinajstić information content (AvgIpc) is 1.61. The maximum atomic E-state index is 15.2. The van der Waals surface area contributed by atoms with Crippen molar-refractivity contribution in [2.45, 2.75) is 27.5 Å². The van der Waals surface area contributed by atoms with Gasteiger partial charge in [-0.2, -0.15) is 74.8 Å². The minimum atomic E-state index is -5.23. The zero-order chi connectivity index (χ0) is 68.7. The van der Waals surface area contributed by atoms with E-state index >= 15 is 12.8 Å². The van der Waals surface area contributed by atoms with Gasteiger partial charge in [0.15, 0.2) is 0 Å². The highest BCUT2D eigenvalue weighted by Gasteiger charge is 2.37. The van der Waals surface area contributed by atoms with Crippen LogP contribution in [-0.4, -0.2) is 92.1 Å². The SMILES string of the molecule is O=C(Nc1cc2c(cn1)cnn2S(=O)(=O)c1ccc(-c2nn(S(=O)(=O)c3ccc(-c4nn(S(=O)(=O)c5ccc(F)cc5)c5cc(NC(=O)c6c(Cl)cccc6C(F)(F)F)ncc45)c(Cl)c3)c3cc(NC(=O)c4c(F)cccc4Cl)ncc23)c(OC(F)F)c1)c1c(F)cccc1Cl. The summed E-state index contributed by atoms with van der Waals surface area (Å²) in [7, 11) is -15.1. The number of pyridine rings is 3. The standard InChI is InChI=1S/C59H30Cl4F8N12O10S3/c60-37-5-1-4-36(59(69,70)71)50(37)55(84)76-48-21-44-34(25-73-48)53(79-82(44)94(87,88)29-12-10-28(64)11-13-29)32-16-14-30(18-40(32)63)96(91,92)83-45-22-49(78-57(86)52-39(62)7-3-9-42(52)66)74-26-35(45)54(80-83)33-17-15-31(19-46(33)93-58(67)68)95(89,90)81-43-20-47(72-23-27(43)24-75-81)77-56(85)51-38(61)6-2-8-41(51)65/h1-26,58H,(H,72,77,85)(H,73,76,84)(H,74,78,86). The van der Waals surface area contributed by atoms with Gasteiger partial charge in [-0.15, -0.1) is 0 Å². The lowest BCUT2D eigenvalue weighted by atomic mass is 10.1. The van der Waals surface area contributed by atoms with Gasteiger partial charge in [0.25, 0.3) is 47.8 Å². The number of halogens is 12. The zero-order valence-corrected chi connectivity index (χ0v) is 52.4. The number of benzene rings is 6. The van der Waals surface area contributed by atoms with Crippen LogP contribution in [0.3, 0.4) is 0 Å². The van der Waals surface area contributed by atoms with E-state index in [9.17, 15) is 62.0 Å². The van der Waals surface area contributed by atoms with Gasteiger partial charge in [-0.1, -0.05) is 64.6 Å². The van der Waals surface area contributed by atoms with Gasteiger partial charge in [-0.25, -0.2) is 28.1 Å². The molecule has 0 fully saturated rings. The lowest BCUT2D eigenvalue weighted by Gasteiger charge is -2.14. The Balaban J connectivity index is 0.955. The lowest BCUT2D eigenvalue weighted by Crippen LogP contribution is -2.20. The summed E-state index contributed by atoms with van der Waals surface area (Å²) < 4.78 is 209. The summed E-state index contributed by atoms with van der Waals surface area (Å²) in [6, 6.07) is 20.9. The number of fused-ring (bicyclic) bond motifs is 3. The van der Waals surface area contributed by atoms with Crippen LogP contribution in [0.1, 0.15) is 36.6 Å². The Kier molecular flexibility index (Phi) is 17.1. The van der Waals surface area contributed by atoms with Crippen molar-refractivity contribution in [3.8, 4) is 28.3 Å². The molecule has 0 saturated carbocycles. The van der Waals surface area contributed by atoms with Crippen molar-refractivity contribution in [1.82, 2.24) is 42.5 Å². The van der Waals surface area contributed by atoms with Crippen LogP contribution < -0.4 is 20.7 Å². The van der Waals surface area contributed by atoms with Gasteiger partial charge in [-0.05, 0) is 91.0 Å². The number of ether oxygens (including phenoxy) is 1. The third-order valence-electron chi connectivity index (χ3n) is 14.1. The highest BCUT2D eigenvalue weighted by molar-refractivity contribution is 7.90. The van der Waals surface area contributed by atoms with Crippen LogP contribution >= 0.6 is 46.4 Å². The van der Waals surface area contributed by atoms with Gasteiger partial charge in [0.1, 0.15) is 52.0 Å². The molecule has 12 rings (SSSR count). The maximum absolute atomic E-state index is 15.2. The van der Waals surface area contributed by atoms with Gasteiger partial charge in [0.05, 0.1) is 79.8 Å². The Morgan fingerprint density at radius 1 is 0.479 bits per heavy atom. The number of aromatic nitrogens is 9. The number of hydrogen-bond donors (Lipinski definition) is 3. The highest BCUT2D eigenvalue weighted by Crippen LogP contribution is 2.42. The molecule has 0 bridgehead atoms. The molecule has 0 spiro atoms. The van der Waals surface area contributed by atoms with Crippen molar-refractivity contribution in [3.63, 3.8) is 0 Å². The molecule has 0 saturated heterocycles. The smallest absolute Gasteiger partial charge is 0.417 e. The quantitative estimate of drug-likeness (QED) is 0.0758. The molecular weight excluding hydrogens is 1430 g/mol. The minimum Gasteiger partial charge on any atom is -0.434 e. The largest absolute Gasteiger partial charge is 0.434 e. The summed E-state index contributed by atoms with van der Waals surface area (Å²) in [5, 5.41) is 17.1. The average molecular weight is 1460 g/mol. The number of anilines is 3. The number of hydrogen-bond acceptors (Lipinski definition) is 16.